The topological polar surface area (TPSA) is 0 Å². The maximum Gasteiger partial charge on any atom is -0.00534 e. The highest BCUT2D eigenvalue weighted by Crippen LogP contribution is 2.39. The molecule has 0 bridgehead atoms. The lowest BCUT2D eigenvalue weighted by Gasteiger charge is -2.35. The third-order valence-corrected chi connectivity index (χ3v) is 3.75. The molecule has 0 radical (unpaired) electrons. The second kappa shape index (κ2) is 6.64. The minimum atomic E-state index is 0.310. The maximum atomic E-state index is 4.26. The van der Waals surface area contributed by atoms with E-state index >= 15 is 0 Å². The van der Waals surface area contributed by atoms with Crippen LogP contribution in [0.4, 0.5) is 0 Å². The van der Waals surface area contributed by atoms with Crippen molar-refractivity contribution in [2.75, 3.05) is 0 Å². The molecule has 0 spiro atoms. The molecule has 0 aliphatic carbocycles. The third-order valence-electron chi connectivity index (χ3n) is 3.75. The highest BCUT2D eigenvalue weighted by molar-refractivity contribution is 5.21. The van der Waals surface area contributed by atoms with Crippen molar-refractivity contribution in [1.29, 1.82) is 0 Å². The molecular weight excluding hydrogens is 204 g/mol. The van der Waals surface area contributed by atoms with Gasteiger partial charge in [-0.05, 0) is 37.2 Å². The van der Waals surface area contributed by atoms with Crippen molar-refractivity contribution >= 4 is 0 Å². The normalized spacial score (nSPS) is 11.5. The SMILES string of the molecule is C=C(C)C(CCC)(CCC)Cc1ccccc1. The summed E-state index contributed by atoms with van der Waals surface area (Å²) in [5, 5.41) is 0. The average Bonchev–Trinajstić information content (AvgIpc) is 2.30. The summed E-state index contributed by atoms with van der Waals surface area (Å²) in [4.78, 5) is 0. The number of hydrogen-bond donors (Lipinski definition) is 0. The van der Waals surface area contributed by atoms with Crippen LogP contribution in [-0.4, -0.2) is 0 Å². The van der Waals surface area contributed by atoms with E-state index in [1.165, 1.54) is 36.8 Å². The van der Waals surface area contributed by atoms with Crippen molar-refractivity contribution in [3.63, 3.8) is 0 Å². The highest BCUT2D eigenvalue weighted by atomic mass is 14.3. The molecule has 0 unspecified atom stereocenters. The Morgan fingerprint density at radius 2 is 1.59 bits per heavy atom. The van der Waals surface area contributed by atoms with Gasteiger partial charge in [0.25, 0.3) is 0 Å². The summed E-state index contributed by atoms with van der Waals surface area (Å²) in [6.07, 6.45) is 6.13. The predicted octanol–water partition coefficient (Wildman–Crippen LogP) is 5.39. The van der Waals surface area contributed by atoms with Crippen LogP contribution in [0.3, 0.4) is 0 Å². The number of benzene rings is 1. The van der Waals surface area contributed by atoms with Crippen LogP contribution in [0.1, 0.15) is 52.0 Å². The summed E-state index contributed by atoms with van der Waals surface area (Å²) in [7, 11) is 0. The van der Waals surface area contributed by atoms with Crippen LogP contribution in [-0.2, 0) is 6.42 Å². The monoisotopic (exact) mass is 230 g/mol. The molecule has 0 saturated heterocycles. The van der Waals surface area contributed by atoms with Crippen LogP contribution in [0, 0.1) is 5.41 Å². The van der Waals surface area contributed by atoms with Gasteiger partial charge in [-0.25, -0.2) is 0 Å². The van der Waals surface area contributed by atoms with Gasteiger partial charge in [0.05, 0.1) is 0 Å². The zero-order valence-corrected chi connectivity index (χ0v) is 11.6. The molecule has 17 heavy (non-hydrogen) atoms. The van der Waals surface area contributed by atoms with Gasteiger partial charge in [-0.1, -0.05) is 69.2 Å². The fourth-order valence-electron chi connectivity index (χ4n) is 2.82. The van der Waals surface area contributed by atoms with E-state index in [0.29, 0.717) is 5.41 Å². The molecule has 0 fully saturated rings. The zero-order chi connectivity index (χ0) is 12.7. The average molecular weight is 230 g/mol. The molecule has 0 nitrogen and oxygen atoms in total. The fourth-order valence-corrected chi connectivity index (χ4v) is 2.82. The fraction of sp³-hybridized carbons (Fsp3) is 0.529. The Bertz CT molecular complexity index is 328. The molecular formula is C17H26. The lowest BCUT2D eigenvalue weighted by molar-refractivity contribution is 0.291. The van der Waals surface area contributed by atoms with Crippen molar-refractivity contribution in [2.24, 2.45) is 5.41 Å². The van der Waals surface area contributed by atoms with E-state index in [1.807, 2.05) is 0 Å². The summed E-state index contributed by atoms with van der Waals surface area (Å²) in [6.45, 7) is 11.0. The van der Waals surface area contributed by atoms with Crippen LogP contribution >= 0.6 is 0 Å². The minimum Gasteiger partial charge on any atom is -0.0996 e. The first-order chi connectivity index (χ1) is 8.14. The molecule has 1 rings (SSSR count). The molecule has 0 amide bonds. The van der Waals surface area contributed by atoms with Crippen molar-refractivity contribution in [1.82, 2.24) is 0 Å². The van der Waals surface area contributed by atoms with Crippen molar-refractivity contribution in [3.05, 3.63) is 48.0 Å². The quantitative estimate of drug-likeness (QED) is 0.551. The van der Waals surface area contributed by atoms with E-state index < -0.39 is 0 Å². The van der Waals surface area contributed by atoms with Crippen LogP contribution < -0.4 is 0 Å². The summed E-state index contributed by atoms with van der Waals surface area (Å²) < 4.78 is 0. The zero-order valence-electron chi connectivity index (χ0n) is 11.6. The Hall–Kier alpha value is -1.04. The Balaban J connectivity index is 2.92. The molecule has 0 aliphatic heterocycles. The van der Waals surface area contributed by atoms with Gasteiger partial charge in [-0.2, -0.15) is 0 Å². The predicted molar refractivity (Wildman–Crippen MR) is 77.2 cm³/mol. The number of hydrogen-bond acceptors (Lipinski definition) is 0. The first kappa shape index (κ1) is 14.0. The Morgan fingerprint density at radius 3 is 2.00 bits per heavy atom. The van der Waals surface area contributed by atoms with E-state index in [4.69, 9.17) is 0 Å². The van der Waals surface area contributed by atoms with E-state index in [9.17, 15) is 0 Å². The van der Waals surface area contributed by atoms with Crippen LogP contribution in [0.25, 0.3) is 0 Å². The smallest absolute Gasteiger partial charge is 0.00534 e. The van der Waals surface area contributed by atoms with Gasteiger partial charge in [0, 0.05) is 0 Å². The molecule has 0 heterocycles. The highest BCUT2D eigenvalue weighted by Gasteiger charge is 2.29. The molecule has 0 atom stereocenters. The number of rotatable bonds is 7. The maximum absolute atomic E-state index is 4.26. The lowest BCUT2D eigenvalue weighted by atomic mass is 9.70. The van der Waals surface area contributed by atoms with Gasteiger partial charge >= 0.3 is 0 Å². The van der Waals surface area contributed by atoms with Crippen LogP contribution in [0.5, 0.6) is 0 Å². The van der Waals surface area contributed by atoms with Gasteiger partial charge in [-0.3, -0.25) is 0 Å². The molecule has 1 aromatic rings. The molecule has 94 valence electrons. The first-order valence-electron chi connectivity index (χ1n) is 6.84. The summed E-state index contributed by atoms with van der Waals surface area (Å²) in [5.41, 5.74) is 3.10. The molecule has 0 heteroatoms. The van der Waals surface area contributed by atoms with Crippen LogP contribution in [0.15, 0.2) is 42.5 Å². The van der Waals surface area contributed by atoms with Crippen LogP contribution in [0.2, 0.25) is 0 Å². The van der Waals surface area contributed by atoms with E-state index in [2.05, 4.69) is 57.7 Å². The second-order valence-corrected chi connectivity index (χ2v) is 5.22. The summed E-state index contributed by atoms with van der Waals surface area (Å²) in [6, 6.07) is 10.8. The van der Waals surface area contributed by atoms with Gasteiger partial charge < -0.3 is 0 Å². The van der Waals surface area contributed by atoms with E-state index in [-0.39, 0.29) is 0 Å². The Morgan fingerprint density at radius 1 is 1.06 bits per heavy atom. The molecule has 0 N–H and O–H groups in total. The van der Waals surface area contributed by atoms with Crippen molar-refractivity contribution < 1.29 is 0 Å². The standard InChI is InChI=1S/C17H26/c1-5-12-17(13-6-2,15(3)4)14-16-10-8-7-9-11-16/h7-11H,3,5-6,12-14H2,1-2,4H3. The molecule has 1 aromatic carbocycles. The van der Waals surface area contributed by atoms with Gasteiger partial charge in [0.15, 0.2) is 0 Å². The first-order valence-corrected chi connectivity index (χ1v) is 6.84. The summed E-state index contributed by atoms with van der Waals surface area (Å²) >= 11 is 0. The van der Waals surface area contributed by atoms with E-state index in [1.54, 1.807) is 0 Å². The lowest BCUT2D eigenvalue weighted by Crippen LogP contribution is -2.24. The van der Waals surface area contributed by atoms with Crippen molar-refractivity contribution in [3.8, 4) is 0 Å². The number of allylic oxidation sites excluding steroid dienone is 1. The third kappa shape index (κ3) is 3.73. The van der Waals surface area contributed by atoms with E-state index in [0.717, 1.165) is 6.42 Å². The van der Waals surface area contributed by atoms with Gasteiger partial charge in [0.1, 0.15) is 0 Å². The van der Waals surface area contributed by atoms with Crippen molar-refractivity contribution in [2.45, 2.75) is 52.9 Å². The molecule has 0 aliphatic rings. The minimum absolute atomic E-state index is 0.310. The second-order valence-electron chi connectivity index (χ2n) is 5.22. The largest absolute Gasteiger partial charge is 0.0996 e. The molecule has 0 aromatic heterocycles. The Kier molecular flexibility index (Phi) is 5.47. The molecule has 0 saturated carbocycles. The van der Waals surface area contributed by atoms with Gasteiger partial charge in [0.2, 0.25) is 0 Å². The summed E-state index contributed by atoms with van der Waals surface area (Å²) in [5.74, 6) is 0. The Labute approximate surface area is 107 Å². The van der Waals surface area contributed by atoms with Gasteiger partial charge in [-0.15, -0.1) is 0 Å².